The Labute approximate surface area is 163 Å². The van der Waals surface area contributed by atoms with E-state index in [0.717, 1.165) is 71.6 Å². The summed E-state index contributed by atoms with van der Waals surface area (Å²) >= 11 is 0. The van der Waals surface area contributed by atoms with Crippen molar-refractivity contribution in [3.8, 4) is 0 Å². The highest BCUT2D eigenvalue weighted by atomic mass is 16.5. The van der Waals surface area contributed by atoms with Gasteiger partial charge in [-0.15, -0.1) is 0 Å². The lowest BCUT2D eigenvalue weighted by atomic mass is 9.81. The van der Waals surface area contributed by atoms with Gasteiger partial charge in [0.05, 0.1) is 5.60 Å². The summed E-state index contributed by atoms with van der Waals surface area (Å²) in [5.74, 6) is 0.286. The monoisotopic (exact) mass is 371 g/mol. The van der Waals surface area contributed by atoms with Gasteiger partial charge >= 0.3 is 0 Å². The van der Waals surface area contributed by atoms with Crippen LogP contribution in [0.2, 0.25) is 0 Å². The van der Waals surface area contributed by atoms with E-state index in [1.807, 2.05) is 11.8 Å². The van der Waals surface area contributed by atoms with E-state index in [1.165, 1.54) is 5.69 Å². The number of carbonyl (C=O) groups is 1. The minimum absolute atomic E-state index is 0.00397. The second kappa shape index (κ2) is 8.19. The SMILES string of the molecule is CCC(=O)N1CCC2(CC1)C[C@H](N1CCN(c3ccccc3)CC1)CCO2. The molecule has 3 aliphatic rings. The van der Waals surface area contributed by atoms with E-state index < -0.39 is 0 Å². The molecule has 1 aromatic rings. The van der Waals surface area contributed by atoms with Crippen molar-refractivity contribution in [1.29, 1.82) is 0 Å². The highest BCUT2D eigenvalue weighted by Gasteiger charge is 2.42. The smallest absolute Gasteiger partial charge is 0.222 e. The minimum atomic E-state index is 0.00397. The van der Waals surface area contributed by atoms with Crippen LogP contribution in [0, 0.1) is 0 Å². The fourth-order valence-corrected chi connectivity index (χ4v) is 5.03. The maximum atomic E-state index is 12.0. The van der Waals surface area contributed by atoms with Gasteiger partial charge in [-0.05, 0) is 37.8 Å². The van der Waals surface area contributed by atoms with Gasteiger partial charge in [-0.2, -0.15) is 0 Å². The van der Waals surface area contributed by atoms with Crippen molar-refractivity contribution in [2.45, 2.75) is 50.7 Å². The highest BCUT2D eigenvalue weighted by molar-refractivity contribution is 5.75. The molecule has 5 nitrogen and oxygen atoms in total. The van der Waals surface area contributed by atoms with Crippen molar-refractivity contribution in [2.75, 3.05) is 50.8 Å². The molecular formula is C22H33N3O2. The number of benzene rings is 1. The third-order valence-electron chi connectivity index (χ3n) is 6.75. The molecule has 4 rings (SSSR count). The molecule has 0 unspecified atom stereocenters. The van der Waals surface area contributed by atoms with Crippen LogP contribution in [-0.2, 0) is 9.53 Å². The number of para-hydroxylation sites is 1. The van der Waals surface area contributed by atoms with E-state index in [9.17, 15) is 4.79 Å². The van der Waals surface area contributed by atoms with Crippen molar-refractivity contribution in [2.24, 2.45) is 0 Å². The van der Waals surface area contributed by atoms with Crippen molar-refractivity contribution in [3.05, 3.63) is 30.3 Å². The van der Waals surface area contributed by atoms with Crippen molar-refractivity contribution in [3.63, 3.8) is 0 Å². The topological polar surface area (TPSA) is 36.0 Å². The first-order valence-corrected chi connectivity index (χ1v) is 10.6. The van der Waals surface area contributed by atoms with Crippen molar-refractivity contribution >= 4 is 11.6 Å². The molecule has 0 saturated carbocycles. The second-order valence-electron chi connectivity index (χ2n) is 8.27. The van der Waals surface area contributed by atoms with Gasteiger partial charge in [0.2, 0.25) is 5.91 Å². The molecule has 5 heteroatoms. The Balaban J connectivity index is 1.31. The van der Waals surface area contributed by atoms with Gasteiger partial charge in [0, 0.05) is 64.0 Å². The van der Waals surface area contributed by atoms with Gasteiger partial charge in [0.1, 0.15) is 0 Å². The normalized spacial score (nSPS) is 26.3. The van der Waals surface area contributed by atoms with Crippen LogP contribution in [-0.4, -0.2) is 73.2 Å². The molecule has 1 spiro atoms. The fourth-order valence-electron chi connectivity index (χ4n) is 5.03. The second-order valence-corrected chi connectivity index (χ2v) is 8.27. The minimum Gasteiger partial charge on any atom is -0.375 e. The van der Waals surface area contributed by atoms with Crippen LogP contribution in [0.4, 0.5) is 5.69 Å². The molecule has 148 valence electrons. The number of likely N-dealkylation sites (tertiary alicyclic amines) is 1. The average Bonchev–Trinajstić information content (AvgIpc) is 2.74. The predicted octanol–water partition coefficient (Wildman–Crippen LogP) is 2.76. The number of anilines is 1. The fraction of sp³-hybridized carbons (Fsp3) is 0.682. The van der Waals surface area contributed by atoms with Gasteiger partial charge in [0.15, 0.2) is 0 Å². The van der Waals surface area contributed by atoms with E-state index in [0.29, 0.717) is 12.5 Å². The number of piperazine rings is 1. The molecule has 3 saturated heterocycles. The Morgan fingerprint density at radius 3 is 2.44 bits per heavy atom. The maximum Gasteiger partial charge on any atom is 0.222 e. The quantitative estimate of drug-likeness (QED) is 0.819. The van der Waals surface area contributed by atoms with Crippen LogP contribution >= 0.6 is 0 Å². The molecule has 0 radical (unpaired) electrons. The Morgan fingerprint density at radius 2 is 1.78 bits per heavy atom. The van der Waals surface area contributed by atoms with E-state index in [-0.39, 0.29) is 11.5 Å². The number of rotatable bonds is 3. The van der Waals surface area contributed by atoms with E-state index in [1.54, 1.807) is 0 Å². The zero-order valence-corrected chi connectivity index (χ0v) is 16.6. The van der Waals surface area contributed by atoms with Crippen LogP contribution in [0.15, 0.2) is 30.3 Å². The zero-order valence-electron chi connectivity index (χ0n) is 16.6. The predicted molar refractivity (Wildman–Crippen MR) is 108 cm³/mol. The molecule has 27 heavy (non-hydrogen) atoms. The Hall–Kier alpha value is -1.59. The standard InChI is InChI=1S/C22H33N3O2/c1-2-21(26)25-11-9-22(10-12-25)18-20(8-17-27-22)24-15-13-23(14-16-24)19-6-4-3-5-7-19/h3-7,20H,2,8-18H2,1H3/t20-/m1/s1. The first-order chi connectivity index (χ1) is 13.2. The number of hydrogen-bond acceptors (Lipinski definition) is 4. The van der Waals surface area contributed by atoms with Crippen LogP contribution in [0.5, 0.6) is 0 Å². The molecule has 3 aliphatic heterocycles. The van der Waals surface area contributed by atoms with Gasteiger partial charge in [-0.25, -0.2) is 0 Å². The van der Waals surface area contributed by atoms with Crippen LogP contribution < -0.4 is 4.90 Å². The van der Waals surface area contributed by atoms with Crippen LogP contribution in [0.1, 0.15) is 39.0 Å². The van der Waals surface area contributed by atoms with Crippen LogP contribution in [0.25, 0.3) is 0 Å². The molecular weight excluding hydrogens is 338 g/mol. The molecule has 1 aromatic carbocycles. The van der Waals surface area contributed by atoms with E-state index >= 15 is 0 Å². The van der Waals surface area contributed by atoms with Gasteiger partial charge in [-0.1, -0.05) is 25.1 Å². The highest BCUT2D eigenvalue weighted by Crippen LogP contribution is 2.37. The lowest BCUT2D eigenvalue weighted by Gasteiger charge is -2.50. The zero-order chi connectivity index (χ0) is 18.7. The summed E-state index contributed by atoms with van der Waals surface area (Å²) in [5, 5.41) is 0. The molecule has 0 bridgehead atoms. The van der Waals surface area contributed by atoms with E-state index in [4.69, 9.17) is 4.74 Å². The summed E-state index contributed by atoms with van der Waals surface area (Å²) in [6.07, 6.45) is 4.89. The largest absolute Gasteiger partial charge is 0.375 e. The molecule has 0 aliphatic carbocycles. The van der Waals surface area contributed by atoms with Crippen LogP contribution in [0.3, 0.4) is 0 Å². The summed E-state index contributed by atoms with van der Waals surface area (Å²) in [6, 6.07) is 11.4. The Kier molecular flexibility index (Phi) is 5.69. The third kappa shape index (κ3) is 4.14. The summed E-state index contributed by atoms with van der Waals surface area (Å²) < 4.78 is 6.30. The maximum absolute atomic E-state index is 12.0. The van der Waals surface area contributed by atoms with E-state index in [2.05, 4.69) is 40.1 Å². The number of amides is 1. The van der Waals surface area contributed by atoms with Gasteiger partial charge in [0.25, 0.3) is 0 Å². The first kappa shape index (κ1) is 18.8. The lowest BCUT2D eigenvalue weighted by Crippen LogP contribution is -2.57. The summed E-state index contributed by atoms with van der Waals surface area (Å²) in [5.41, 5.74) is 1.35. The Morgan fingerprint density at radius 1 is 1.07 bits per heavy atom. The average molecular weight is 372 g/mol. The molecule has 3 heterocycles. The summed E-state index contributed by atoms with van der Waals surface area (Å²) in [7, 11) is 0. The molecule has 0 aromatic heterocycles. The number of carbonyl (C=O) groups excluding carboxylic acids is 1. The van der Waals surface area contributed by atoms with Crippen molar-refractivity contribution < 1.29 is 9.53 Å². The lowest BCUT2D eigenvalue weighted by molar-refractivity contribution is -0.149. The molecule has 3 fully saturated rings. The summed E-state index contributed by atoms with van der Waals surface area (Å²) in [6.45, 7) is 9.02. The Bertz CT molecular complexity index is 620. The third-order valence-corrected chi connectivity index (χ3v) is 6.75. The number of hydrogen-bond donors (Lipinski definition) is 0. The molecule has 1 amide bonds. The number of piperidine rings is 1. The van der Waals surface area contributed by atoms with Gasteiger partial charge in [-0.3, -0.25) is 9.69 Å². The molecule has 1 atom stereocenters. The summed E-state index contributed by atoms with van der Waals surface area (Å²) in [4.78, 5) is 19.2. The first-order valence-electron chi connectivity index (χ1n) is 10.6. The van der Waals surface area contributed by atoms with Crippen molar-refractivity contribution in [1.82, 2.24) is 9.80 Å². The molecule has 0 N–H and O–H groups in total. The number of ether oxygens (including phenoxy) is 1. The number of nitrogens with zero attached hydrogens (tertiary/aromatic N) is 3. The van der Waals surface area contributed by atoms with Gasteiger partial charge < -0.3 is 14.5 Å².